The molecule has 0 unspecified atom stereocenters. The summed E-state index contributed by atoms with van der Waals surface area (Å²) in [4.78, 5) is 0. The molecule has 1 aromatic rings. The number of allylic oxidation sites excluding steroid dienone is 1. The first-order valence-corrected chi connectivity index (χ1v) is 10.7. The molecule has 1 aromatic carbocycles. The zero-order valence-electron chi connectivity index (χ0n) is 16.7. The average molecular weight is 377 g/mol. The maximum atomic E-state index is 14.3. The zero-order chi connectivity index (χ0) is 19.2. The van der Waals surface area contributed by atoms with Crippen molar-refractivity contribution >= 4 is 11.4 Å². The molecule has 0 aliphatic heterocycles. The molecule has 0 saturated heterocycles. The molecule has 150 valence electrons. The molecule has 27 heavy (non-hydrogen) atoms. The van der Waals surface area contributed by atoms with Gasteiger partial charge in [-0.25, -0.2) is 8.78 Å². The van der Waals surface area contributed by atoms with E-state index < -0.39 is 11.6 Å². The molecule has 4 heteroatoms. The lowest BCUT2D eigenvalue weighted by molar-refractivity contribution is 0.153. The summed E-state index contributed by atoms with van der Waals surface area (Å²) in [6, 6.07) is 3.21. The van der Waals surface area contributed by atoms with Crippen LogP contribution in [0.5, 0.6) is 0 Å². The van der Waals surface area contributed by atoms with Gasteiger partial charge in [0.2, 0.25) is 0 Å². The Hall–Kier alpha value is -1.58. The van der Waals surface area contributed by atoms with E-state index in [1.165, 1.54) is 51.4 Å². The first-order valence-electron chi connectivity index (χ1n) is 10.7. The number of benzene rings is 1. The van der Waals surface area contributed by atoms with Crippen molar-refractivity contribution in [3.05, 3.63) is 36.0 Å². The van der Waals surface area contributed by atoms with Gasteiger partial charge in [-0.3, -0.25) is 0 Å². The fourth-order valence-corrected chi connectivity index (χ4v) is 4.85. The van der Waals surface area contributed by atoms with E-state index in [9.17, 15) is 8.78 Å². The third kappa shape index (κ3) is 5.24. The van der Waals surface area contributed by atoms with E-state index in [4.69, 9.17) is 0 Å². The highest BCUT2D eigenvalue weighted by Gasteiger charge is 2.30. The molecular formula is C23H34F2N2. The van der Waals surface area contributed by atoms with Crippen molar-refractivity contribution in [2.45, 2.75) is 65.2 Å². The summed E-state index contributed by atoms with van der Waals surface area (Å²) in [7, 11) is 0. The van der Waals surface area contributed by atoms with Gasteiger partial charge in [0.15, 0.2) is 11.6 Å². The van der Waals surface area contributed by atoms with E-state index in [1.54, 1.807) is 24.4 Å². The predicted octanol–water partition coefficient (Wildman–Crippen LogP) is 6.95. The van der Waals surface area contributed by atoms with Crippen LogP contribution in [-0.4, -0.2) is 6.54 Å². The van der Waals surface area contributed by atoms with Gasteiger partial charge in [-0.05, 0) is 87.5 Å². The number of anilines is 2. The highest BCUT2D eigenvalue weighted by Crippen LogP contribution is 2.41. The topological polar surface area (TPSA) is 24.1 Å². The predicted molar refractivity (Wildman–Crippen MR) is 110 cm³/mol. The monoisotopic (exact) mass is 376 g/mol. The standard InChI is InChI=1S/C23H34F2N2/c1-3-14-26-20-12-13-21(23(25)22(20)24)27-15-17-6-10-19(11-7-17)18-8-4-16(2)5-9-18/h3,12-14,16-19,26-27H,4-11,15H2,1-2H3/b14-3+. The minimum atomic E-state index is -0.826. The van der Waals surface area contributed by atoms with Gasteiger partial charge >= 0.3 is 0 Å². The summed E-state index contributed by atoms with van der Waals surface area (Å²) in [6.07, 6.45) is 14.0. The fourth-order valence-electron chi connectivity index (χ4n) is 4.85. The van der Waals surface area contributed by atoms with Crippen molar-refractivity contribution in [1.82, 2.24) is 0 Å². The van der Waals surface area contributed by atoms with Crippen LogP contribution < -0.4 is 10.6 Å². The molecule has 2 saturated carbocycles. The molecule has 0 amide bonds. The second kappa shape index (κ2) is 9.57. The molecule has 0 heterocycles. The molecule has 0 spiro atoms. The van der Waals surface area contributed by atoms with Crippen LogP contribution in [0.4, 0.5) is 20.2 Å². The van der Waals surface area contributed by atoms with Crippen LogP contribution in [-0.2, 0) is 0 Å². The summed E-state index contributed by atoms with van der Waals surface area (Å²) in [5.74, 6) is 1.67. The SMILES string of the molecule is C/C=C/Nc1ccc(NCC2CCC(C3CCC(C)CC3)CC2)c(F)c1F. The maximum absolute atomic E-state index is 14.3. The molecular weight excluding hydrogens is 342 g/mol. The Kier molecular flexibility index (Phi) is 7.14. The van der Waals surface area contributed by atoms with Crippen molar-refractivity contribution in [3.63, 3.8) is 0 Å². The minimum Gasteiger partial charge on any atom is -0.382 e. The van der Waals surface area contributed by atoms with Crippen LogP contribution in [0.1, 0.15) is 65.2 Å². The van der Waals surface area contributed by atoms with Gasteiger partial charge in [0.25, 0.3) is 0 Å². The van der Waals surface area contributed by atoms with E-state index >= 15 is 0 Å². The van der Waals surface area contributed by atoms with Crippen LogP contribution in [0, 0.1) is 35.3 Å². The molecule has 2 aliphatic carbocycles. The Morgan fingerprint density at radius 1 is 0.889 bits per heavy atom. The van der Waals surface area contributed by atoms with Crippen LogP contribution in [0.3, 0.4) is 0 Å². The second-order valence-electron chi connectivity index (χ2n) is 8.61. The normalized spacial score (nSPS) is 29.0. The Balaban J connectivity index is 1.47. The Morgan fingerprint density at radius 3 is 2.07 bits per heavy atom. The van der Waals surface area contributed by atoms with Crippen LogP contribution >= 0.6 is 0 Å². The fraction of sp³-hybridized carbons (Fsp3) is 0.652. The highest BCUT2D eigenvalue weighted by molar-refractivity contribution is 5.57. The number of hydrogen-bond donors (Lipinski definition) is 2. The summed E-state index contributed by atoms with van der Waals surface area (Å²) >= 11 is 0. The lowest BCUT2D eigenvalue weighted by Gasteiger charge is -2.37. The van der Waals surface area contributed by atoms with Crippen molar-refractivity contribution in [2.75, 3.05) is 17.2 Å². The van der Waals surface area contributed by atoms with E-state index in [-0.39, 0.29) is 11.4 Å². The summed E-state index contributed by atoms with van der Waals surface area (Å²) in [5.41, 5.74) is 0.431. The van der Waals surface area contributed by atoms with E-state index in [2.05, 4.69) is 17.6 Å². The van der Waals surface area contributed by atoms with Gasteiger partial charge in [0.1, 0.15) is 0 Å². The smallest absolute Gasteiger partial charge is 0.184 e. The van der Waals surface area contributed by atoms with E-state index in [0.29, 0.717) is 5.92 Å². The molecule has 0 bridgehead atoms. The maximum Gasteiger partial charge on any atom is 0.184 e. The van der Waals surface area contributed by atoms with E-state index in [1.807, 2.05) is 6.92 Å². The van der Waals surface area contributed by atoms with Crippen molar-refractivity contribution < 1.29 is 8.78 Å². The lowest BCUT2D eigenvalue weighted by atomic mass is 9.69. The summed E-state index contributed by atoms with van der Waals surface area (Å²) < 4.78 is 28.4. The average Bonchev–Trinajstić information content (AvgIpc) is 2.69. The van der Waals surface area contributed by atoms with Gasteiger partial charge in [0, 0.05) is 6.54 Å². The van der Waals surface area contributed by atoms with Crippen molar-refractivity contribution in [3.8, 4) is 0 Å². The number of rotatable bonds is 6. The number of nitrogens with one attached hydrogen (secondary N) is 2. The summed E-state index contributed by atoms with van der Waals surface area (Å²) in [5, 5.41) is 5.90. The Labute approximate surface area is 162 Å². The number of halogens is 2. The van der Waals surface area contributed by atoms with E-state index in [0.717, 1.165) is 24.3 Å². The van der Waals surface area contributed by atoms with Gasteiger partial charge < -0.3 is 10.6 Å². The third-order valence-electron chi connectivity index (χ3n) is 6.69. The lowest BCUT2D eigenvalue weighted by Crippen LogP contribution is -2.27. The molecule has 3 rings (SSSR count). The van der Waals surface area contributed by atoms with Crippen LogP contribution in [0.2, 0.25) is 0 Å². The summed E-state index contributed by atoms with van der Waals surface area (Å²) in [6.45, 7) is 4.93. The molecule has 2 nitrogen and oxygen atoms in total. The second-order valence-corrected chi connectivity index (χ2v) is 8.61. The Bertz CT molecular complexity index is 628. The van der Waals surface area contributed by atoms with Gasteiger partial charge in [0.05, 0.1) is 11.4 Å². The minimum absolute atomic E-state index is 0.165. The molecule has 0 aromatic heterocycles. The van der Waals surface area contributed by atoms with Crippen molar-refractivity contribution in [2.24, 2.45) is 23.7 Å². The van der Waals surface area contributed by atoms with Gasteiger partial charge in [-0.2, -0.15) is 0 Å². The molecule has 0 radical (unpaired) electrons. The largest absolute Gasteiger partial charge is 0.382 e. The highest BCUT2D eigenvalue weighted by atomic mass is 19.2. The van der Waals surface area contributed by atoms with Crippen LogP contribution in [0.15, 0.2) is 24.4 Å². The molecule has 0 atom stereocenters. The van der Waals surface area contributed by atoms with Gasteiger partial charge in [-0.1, -0.05) is 25.8 Å². The van der Waals surface area contributed by atoms with Crippen molar-refractivity contribution in [1.29, 1.82) is 0 Å². The first kappa shape index (κ1) is 20.2. The number of hydrogen-bond acceptors (Lipinski definition) is 2. The molecule has 2 N–H and O–H groups in total. The first-order chi connectivity index (χ1) is 13.1. The quantitative estimate of drug-likeness (QED) is 0.561. The molecule has 2 aliphatic rings. The van der Waals surface area contributed by atoms with Crippen LogP contribution in [0.25, 0.3) is 0 Å². The van der Waals surface area contributed by atoms with Gasteiger partial charge in [-0.15, -0.1) is 0 Å². The molecule has 2 fully saturated rings. The Morgan fingerprint density at radius 2 is 1.44 bits per heavy atom. The zero-order valence-corrected chi connectivity index (χ0v) is 16.7. The third-order valence-corrected chi connectivity index (χ3v) is 6.69.